The molecule has 1 atom stereocenters. The average Bonchev–Trinajstić information content (AvgIpc) is 2.86. The van der Waals surface area contributed by atoms with E-state index in [9.17, 15) is 4.79 Å². The number of likely N-dealkylation sites (N-methyl/N-ethyl adjacent to an activating group) is 1. The number of carbonyl (C=O) groups excluding carboxylic acids is 1. The van der Waals surface area contributed by atoms with Gasteiger partial charge in [-0.3, -0.25) is 9.69 Å². The quantitative estimate of drug-likeness (QED) is 0.759. The molecule has 0 spiro atoms. The van der Waals surface area contributed by atoms with Crippen LogP contribution in [0.15, 0.2) is 24.3 Å². The zero-order chi connectivity index (χ0) is 17.3. The standard InChI is InChI=1S/C18H25N3O3/c1-20(16(17(22)23-3)18(24-4)10-7-11-18)12-15-19-13-8-5-6-9-14(13)21(15)2/h5-6,8-9,16H,7,10-12H2,1-4H3. The summed E-state index contributed by atoms with van der Waals surface area (Å²) < 4.78 is 12.9. The predicted octanol–water partition coefficient (Wildman–Crippen LogP) is 2.12. The van der Waals surface area contributed by atoms with Crippen LogP contribution in [0, 0.1) is 0 Å². The monoisotopic (exact) mass is 331 g/mol. The van der Waals surface area contributed by atoms with E-state index < -0.39 is 11.6 Å². The Bertz CT molecular complexity index is 731. The number of hydrogen-bond donors (Lipinski definition) is 0. The number of rotatable bonds is 6. The molecule has 1 heterocycles. The predicted molar refractivity (Wildman–Crippen MR) is 91.6 cm³/mol. The molecule has 130 valence electrons. The highest BCUT2D eigenvalue weighted by atomic mass is 16.5. The first-order valence-electron chi connectivity index (χ1n) is 8.26. The van der Waals surface area contributed by atoms with Gasteiger partial charge in [0.15, 0.2) is 0 Å². The average molecular weight is 331 g/mol. The zero-order valence-electron chi connectivity index (χ0n) is 14.8. The fourth-order valence-corrected chi connectivity index (χ4v) is 3.67. The molecule has 2 aromatic rings. The number of aromatic nitrogens is 2. The molecule has 1 saturated carbocycles. The van der Waals surface area contributed by atoms with E-state index in [1.54, 1.807) is 7.11 Å². The summed E-state index contributed by atoms with van der Waals surface area (Å²) in [5.41, 5.74) is 1.59. The van der Waals surface area contributed by atoms with E-state index >= 15 is 0 Å². The molecular formula is C18H25N3O3. The molecule has 3 rings (SSSR count). The molecule has 24 heavy (non-hydrogen) atoms. The van der Waals surface area contributed by atoms with Gasteiger partial charge in [0.1, 0.15) is 11.9 Å². The highest BCUT2D eigenvalue weighted by molar-refractivity contribution is 5.78. The van der Waals surface area contributed by atoms with Gasteiger partial charge in [0, 0.05) is 14.2 Å². The van der Waals surface area contributed by atoms with Crippen LogP contribution < -0.4 is 0 Å². The summed E-state index contributed by atoms with van der Waals surface area (Å²) in [6, 6.07) is 7.60. The Morgan fingerprint density at radius 1 is 1.38 bits per heavy atom. The van der Waals surface area contributed by atoms with Gasteiger partial charge in [0.2, 0.25) is 0 Å². The lowest BCUT2D eigenvalue weighted by Crippen LogP contribution is -2.60. The molecule has 0 aliphatic heterocycles. The van der Waals surface area contributed by atoms with Crippen molar-refractivity contribution in [1.29, 1.82) is 0 Å². The first-order valence-corrected chi connectivity index (χ1v) is 8.26. The highest BCUT2D eigenvalue weighted by Gasteiger charge is 2.50. The zero-order valence-corrected chi connectivity index (χ0v) is 14.8. The summed E-state index contributed by atoms with van der Waals surface area (Å²) in [5.74, 6) is 0.663. The molecule has 0 amide bonds. The molecule has 6 nitrogen and oxygen atoms in total. The van der Waals surface area contributed by atoms with Crippen LogP contribution >= 0.6 is 0 Å². The van der Waals surface area contributed by atoms with Crippen LogP contribution in [-0.4, -0.2) is 53.3 Å². The second-order valence-corrected chi connectivity index (χ2v) is 6.54. The Morgan fingerprint density at radius 2 is 2.08 bits per heavy atom. The van der Waals surface area contributed by atoms with Crippen molar-refractivity contribution in [3.63, 3.8) is 0 Å². The largest absolute Gasteiger partial charge is 0.468 e. The molecule has 1 aliphatic carbocycles. The Morgan fingerprint density at radius 3 is 2.62 bits per heavy atom. The van der Waals surface area contributed by atoms with Crippen LogP contribution in [0.1, 0.15) is 25.1 Å². The maximum atomic E-state index is 12.4. The Balaban J connectivity index is 1.88. The van der Waals surface area contributed by atoms with Gasteiger partial charge in [0.05, 0.1) is 30.3 Å². The van der Waals surface area contributed by atoms with Crippen LogP contribution in [0.5, 0.6) is 0 Å². The third-order valence-electron chi connectivity index (χ3n) is 5.24. The van der Waals surface area contributed by atoms with E-state index in [4.69, 9.17) is 14.5 Å². The summed E-state index contributed by atoms with van der Waals surface area (Å²) in [4.78, 5) is 19.1. The number of benzene rings is 1. The lowest BCUT2D eigenvalue weighted by molar-refractivity contribution is -0.173. The van der Waals surface area contributed by atoms with Gasteiger partial charge in [-0.25, -0.2) is 4.98 Å². The minimum atomic E-state index is -0.452. The van der Waals surface area contributed by atoms with Crippen molar-refractivity contribution >= 4 is 17.0 Å². The number of ether oxygens (including phenoxy) is 2. The van der Waals surface area contributed by atoms with Crippen molar-refractivity contribution in [1.82, 2.24) is 14.5 Å². The summed E-state index contributed by atoms with van der Waals surface area (Å²) in [6.45, 7) is 0.552. The van der Waals surface area contributed by atoms with Crippen molar-refractivity contribution in [3.8, 4) is 0 Å². The number of carbonyl (C=O) groups is 1. The lowest BCUT2D eigenvalue weighted by atomic mass is 9.73. The van der Waals surface area contributed by atoms with E-state index in [-0.39, 0.29) is 5.97 Å². The molecule has 1 aromatic heterocycles. The smallest absolute Gasteiger partial charge is 0.326 e. The number of aryl methyl sites for hydroxylation is 1. The van der Waals surface area contributed by atoms with Crippen LogP contribution in [0.2, 0.25) is 0 Å². The van der Waals surface area contributed by atoms with Gasteiger partial charge in [-0.2, -0.15) is 0 Å². The van der Waals surface area contributed by atoms with E-state index in [0.717, 1.165) is 36.1 Å². The van der Waals surface area contributed by atoms with Crippen molar-refractivity contribution in [2.24, 2.45) is 7.05 Å². The normalized spacial score (nSPS) is 17.7. The molecule has 1 fully saturated rings. The molecule has 1 aromatic carbocycles. The van der Waals surface area contributed by atoms with E-state index in [2.05, 4.69) is 4.57 Å². The van der Waals surface area contributed by atoms with Crippen molar-refractivity contribution < 1.29 is 14.3 Å². The fraction of sp³-hybridized carbons (Fsp3) is 0.556. The first-order chi connectivity index (χ1) is 11.5. The molecule has 6 heteroatoms. The van der Waals surface area contributed by atoms with Crippen LogP contribution in [-0.2, 0) is 27.9 Å². The summed E-state index contributed by atoms with van der Waals surface area (Å²) in [5, 5.41) is 0. The second kappa shape index (κ2) is 6.53. The maximum absolute atomic E-state index is 12.4. The number of methoxy groups -OCH3 is 2. The number of para-hydroxylation sites is 2. The topological polar surface area (TPSA) is 56.6 Å². The lowest BCUT2D eigenvalue weighted by Gasteiger charge is -2.47. The summed E-state index contributed by atoms with van der Waals surface area (Å²) >= 11 is 0. The van der Waals surface area contributed by atoms with Crippen molar-refractivity contribution in [2.45, 2.75) is 37.5 Å². The third kappa shape index (κ3) is 2.70. The molecule has 0 radical (unpaired) electrons. The minimum absolute atomic E-state index is 0.252. The second-order valence-electron chi connectivity index (χ2n) is 6.54. The van der Waals surface area contributed by atoms with Crippen molar-refractivity contribution in [3.05, 3.63) is 30.1 Å². The molecule has 1 unspecified atom stereocenters. The van der Waals surface area contributed by atoms with Gasteiger partial charge in [0.25, 0.3) is 0 Å². The molecule has 0 bridgehead atoms. The number of esters is 1. The molecular weight excluding hydrogens is 306 g/mol. The maximum Gasteiger partial charge on any atom is 0.326 e. The summed E-state index contributed by atoms with van der Waals surface area (Å²) in [6.07, 6.45) is 2.81. The third-order valence-corrected chi connectivity index (χ3v) is 5.24. The number of imidazole rings is 1. The van der Waals surface area contributed by atoms with Gasteiger partial charge < -0.3 is 14.0 Å². The van der Waals surface area contributed by atoms with E-state index in [0.29, 0.717) is 6.54 Å². The van der Waals surface area contributed by atoms with Crippen LogP contribution in [0.25, 0.3) is 11.0 Å². The van der Waals surface area contributed by atoms with Gasteiger partial charge in [-0.05, 0) is 38.4 Å². The minimum Gasteiger partial charge on any atom is -0.468 e. The number of fused-ring (bicyclic) bond motifs is 1. The molecule has 0 N–H and O–H groups in total. The Kier molecular flexibility index (Phi) is 4.60. The Labute approximate surface area is 142 Å². The van der Waals surface area contributed by atoms with Gasteiger partial charge in [-0.15, -0.1) is 0 Å². The van der Waals surface area contributed by atoms with Crippen molar-refractivity contribution in [2.75, 3.05) is 21.3 Å². The fourth-order valence-electron chi connectivity index (χ4n) is 3.67. The SMILES string of the molecule is COC(=O)C(N(C)Cc1nc2ccccc2n1C)C1(OC)CCC1. The number of nitrogens with zero attached hydrogens (tertiary/aromatic N) is 3. The first kappa shape index (κ1) is 16.9. The Hall–Kier alpha value is -1.92. The van der Waals surface area contributed by atoms with Crippen LogP contribution in [0.4, 0.5) is 0 Å². The molecule has 0 saturated heterocycles. The van der Waals surface area contributed by atoms with E-state index in [1.807, 2.05) is 43.3 Å². The number of hydrogen-bond acceptors (Lipinski definition) is 5. The summed E-state index contributed by atoms with van der Waals surface area (Å²) in [7, 11) is 7.04. The van der Waals surface area contributed by atoms with Gasteiger partial charge >= 0.3 is 5.97 Å². The van der Waals surface area contributed by atoms with E-state index in [1.165, 1.54) is 7.11 Å². The molecule has 1 aliphatic rings. The highest BCUT2D eigenvalue weighted by Crippen LogP contribution is 2.40. The van der Waals surface area contributed by atoms with Gasteiger partial charge in [-0.1, -0.05) is 12.1 Å². The van der Waals surface area contributed by atoms with Crippen LogP contribution in [0.3, 0.4) is 0 Å².